The maximum atomic E-state index is 12.9. The summed E-state index contributed by atoms with van der Waals surface area (Å²) >= 11 is 0. The van der Waals surface area contributed by atoms with Gasteiger partial charge in [-0.3, -0.25) is 19.2 Å². The van der Waals surface area contributed by atoms with E-state index in [-0.39, 0.29) is 24.1 Å². The SMILES string of the molecule is CCCCCCCCC(CC)OC(=O)CCCCCN(CCCCCCCC(=O)OC(CCCCCCCC)CCCCCCCC)CCCN/C(C)=C(\NC)C(=O)C=O. The van der Waals surface area contributed by atoms with E-state index >= 15 is 0 Å². The Bertz CT molecular complexity index is 1050. The summed E-state index contributed by atoms with van der Waals surface area (Å²) < 4.78 is 11.9. The number of hydrogen-bond donors (Lipinski definition) is 2. The second kappa shape index (κ2) is 43.2. The number of hydrogen-bond acceptors (Lipinski definition) is 9. The number of aldehydes is 1. The van der Waals surface area contributed by atoms with Gasteiger partial charge in [0.2, 0.25) is 5.78 Å². The Balaban J connectivity index is 4.77. The van der Waals surface area contributed by atoms with Crippen molar-refractivity contribution in [3.63, 3.8) is 0 Å². The summed E-state index contributed by atoms with van der Waals surface area (Å²) in [5.41, 5.74) is 0.989. The number of ketones is 1. The molecule has 0 aliphatic heterocycles. The number of nitrogens with one attached hydrogen (secondary N) is 2. The summed E-state index contributed by atoms with van der Waals surface area (Å²) in [4.78, 5) is 51.0. The third-order valence-electron chi connectivity index (χ3n) is 11.9. The normalized spacial score (nSPS) is 12.4. The van der Waals surface area contributed by atoms with Crippen LogP contribution in [0.3, 0.4) is 0 Å². The highest BCUT2D eigenvalue weighted by Gasteiger charge is 2.16. The molecule has 0 amide bonds. The molecule has 0 aromatic rings. The van der Waals surface area contributed by atoms with E-state index in [0.717, 1.165) is 122 Å². The fourth-order valence-corrected chi connectivity index (χ4v) is 8.03. The molecule has 0 spiro atoms. The predicted octanol–water partition coefficient (Wildman–Crippen LogP) is 12.9. The summed E-state index contributed by atoms with van der Waals surface area (Å²) in [5.74, 6) is -0.613. The highest BCUT2D eigenvalue weighted by molar-refractivity contribution is 6.32. The maximum absolute atomic E-state index is 12.9. The number of rotatable bonds is 46. The van der Waals surface area contributed by atoms with E-state index in [4.69, 9.17) is 9.47 Å². The highest BCUT2D eigenvalue weighted by atomic mass is 16.5. The van der Waals surface area contributed by atoms with Crippen LogP contribution in [0.5, 0.6) is 0 Å². The number of allylic oxidation sites excluding steroid dienone is 2. The molecule has 9 heteroatoms. The molecule has 0 rings (SSSR count). The summed E-state index contributed by atoms with van der Waals surface area (Å²) in [7, 11) is 1.65. The number of nitrogens with zero attached hydrogens (tertiary/aromatic N) is 1. The standard InChI is InChI=1S/C51H97N3O6/c1-7-11-14-17-21-27-35-46(10-4)59-49(57)39-31-26-33-42-54(43-34-40-53-45(5)51(52-6)48(56)44-55)41-32-25-20-24-30-38-50(58)60-47(36-28-22-18-15-12-8-2)37-29-23-19-16-13-9-3/h44,46-47,52-53H,7-43H2,1-6H3/b51-45-. The van der Waals surface area contributed by atoms with Crippen LogP contribution < -0.4 is 10.6 Å². The van der Waals surface area contributed by atoms with Gasteiger partial charge in [0.15, 0.2) is 6.29 Å². The summed E-state index contributed by atoms with van der Waals surface area (Å²) in [6.45, 7) is 14.3. The lowest BCUT2D eigenvalue weighted by Gasteiger charge is -2.23. The van der Waals surface area contributed by atoms with Gasteiger partial charge in [-0.15, -0.1) is 0 Å². The Morgan fingerprint density at radius 1 is 0.517 bits per heavy atom. The lowest BCUT2D eigenvalue weighted by Crippen LogP contribution is -2.30. The van der Waals surface area contributed by atoms with Crippen LogP contribution in [0, 0.1) is 0 Å². The first kappa shape index (κ1) is 57.6. The molecule has 0 radical (unpaired) electrons. The molecule has 0 fully saturated rings. The van der Waals surface area contributed by atoms with Crippen molar-refractivity contribution in [1.29, 1.82) is 0 Å². The zero-order valence-corrected chi connectivity index (χ0v) is 40.3. The minimum Gasteiger partial charge on any atom is -0.462 e. The van der Waals surface area contributed by atoms with Crippen molar-refractivity contribution >= 4 is 24.0 Å². The number of Topliss-reactive ketones (excluding diaryl/α,β-unsaturated/α-hetero) is 1. The molecule has 0 saturated carbocycles. The van der Waals surface area contributed by atoms with E-state index in [2.05, 4.69) is 43.2 Å². The van der Waals surface area contributed by atoms with Crippen LogP contribution in [0.15, 0.2) is 11.4 Å². The molecule has 0 aromatic carbocycles. The van der Waals surface area contributed by atoms with Gasteiger partial charge in [-0.25, -0.2) is 0 Å². The van der Waals surface area contributed by atoms with E-state index in [0.29, 0.717) is 37.1 Å². The Kier molecular flexibility index (Phi) is 41.5. The van der Waals surface area contributed by atoms with Crippen molar-refractivity contribution in [2.75, 3.05) is 33.2 Å². The van der Waals surface area contributed by atoms with Crippen molar-refractivity contribution in [2.24, 2.45) is 0 Å². The van der Waals surface area contributed by atoms with Crippen LogP contribution >= 0.6 is 0 Å². The molecule has 0 bridgehead atoms. The third-order valence-corrected chi connectivity index (χ3v) is 11.9. The summed E-state index contributed by atoms with van der Waals surface area (Å²) in [6, 6.07) is 0. The Morgan fingerprint density at radius 3 is 1.35 bits per heavy atom. The van der Waals surface area contributed by atoms with Gasteiger partial charge in [0, 0.05) is 32.1 Å². The second-order valence-electron chi connectivity index (χ2n) is 17.5. The first-order chi connectivity index (χ1) is 29.3. The monoisotopic (exact) mass is 848 g/mol. The number of ether oxygens (including phenoxy) is 2. The van der Waals surface area contributed by atoms with E-state index in [1.54, 1.807) is 7.05 Å². The van der Waals surface area contributed by atoms with Gasteiger partial charge in [-0.2, -0.15) is 0 Å². The van der Waals surface area contributed by atoms with Crippen LogP contribution in [0.1, 0.15) is 247 Å². The van der Waals surface area contributed by atoms with Crippen molar-refractivity contribution in [1.82, 2.24) is 15.5 Å². The maximum Gasteiger partial charge on any atom is 0.306 e. The van der Waals surface area contributed by atoms with Gasteiger partial charge >= 0.3 is 11.9 Å². The van der Waals surface area contributed by atoms with Crippen LogP contribution in [-0.4, -0.2) is 74.3 Å². The van der Waals surface area contributed by atoms with E-state index < -0.39 is 5.78 Å². The minimum atomic E-state index is -0.552. The fourth-order valence-electron chi connectivity index (χ4n) is 8.03. The van der Waals surface area contributed by atoms with Gasteiger partial charge in [-0.05, 0) is 104 Å². The number of likely N-dealkylation sites (N-methyl/N-ethyl adjacent to an activating group) is 1. The molecule has 9 nitrogen and oxygen atoms in total. The van der Waals surface area contributed by atoms with E-state index in [9.17, 15) is 19.2 Å². The van der Waals surface area contributed by atoms with E-state index in [1.807, 2.05) is 6.92 Å². The quantitative estimate of drug-likeness (QED) is 0.0203. The molecule has 0 saturated heterocycles. The zero-order chi connectivity index (χ0) is 44.3. The minimum absolute atomic E-state index is 0.00851. The summed E-state index contributed by atoms with van der Waals surface area (Å²) in [5, 5.41) is 6.15. The number of carbonyl (C=O) groups is 4. The highest BCUT2D eigenvalue weighted by Crippen LogP contribution is 2.19. The van der Waals surface area contributed by atoms with Crippen LogP contribution in [0.25, 0.3) is 0 Å². The molecular formula is C51H97N3O6. The lowest BCUT2D eigenvalue weighted by atomic mass is 10.0. The number of carbonyl (C=O) groups excluding carboxylic acids is 4. The topological polar surface area (TPSA) is 114 Å². The van der Waals surface area contributed by atoms with E-state index in [1.165, 1.54) is 96.3 Å². The zero-order valence-electron chi connectivity index (χ0n) is 40.3. The first-order valence-electron chi connectivity index (χ1n) is 25.5. The van der Waals surface area contributed by atoms with Gasteiger partial charge in [0.1, 0.15) is 17.9 Å². The fraction of sp³-hybridized carbons (Fsp3) is 0.882. The molecular weight excluding hydrogens is 751 g/mol. The molecule has 1 atom stereocenters. The second-order valence-corrected chi connectivity index (χ2v) is 17.5. The van der Waals surface area contributed by atoms with Gasteiger partial charge < -0.3 is 25.0 Å². The van der Waals surface area contributed by atoms with Crippen molar-refractivity contribution < 1.29 is 28.7 Å². The molecule has 0 aliphatic rings. The Labute approximate surface area is 370 Å². The average Bonchev–Trinajstić information content (AvgIpc) is 3.24. The third kappa shape index (κ3) is 35.2. The Hall–Kier alpha value is -2.42. The molecule has 0 aliphatic carbocycles. The lowest BCUT2D eigenvalue weighted by molar-refractivity contribution is -0.150. The van der Waals surface area contributed by atoms with Crippen LogP contribution in [0.2, 0.25) is 0 Å². The Morgan fingerprint density at radius 2 is 0.900 bits per heavy atom. The number of unbranched alkanes of at least 4 members (excludes halogenated alkanes) is 21. The van der Waals surface area contributed by atoms with Crippen LogP contribution in [-0.2, 0) is 28.7 Å². The molecule has 352 valence electrons. The van der Waals surface area contributed by atoms with Crippen molar-refractivity contribution in [3.05, 3.63) is 11.4 Å². The molecule has 0 heterocycles. The van der Waals surface area contributed by atoms with Crippen LogP contribution in [0.4, 0.5) is 0 Å². The van der Waals surface area contributed by atoms with Gasteiger partial charge in [-0.1, -0.05) is 150 Å². The predicted molar refractivity (Wildman–Crippen MR) is 252 cm³/mol. The summed E-state index contributed by atoms with van der Waals surface area (Å²) in [6.07, 6.45) is 37.2. The molecule has 2 N–H and O–H groups in total. The van der Waals surface area contributed by atoms with Crippen molar-refractivity contribution in [3.8, 4) is 0 Å². The smallest absolute Gasteiger partial charge is 0.306 e. The number of esters is 2. The molecule has 60 heavy (non-hydrogen) atoms. The average molecular weight is 848 g/mol. The van der Waals surface area contributed by atoms with Crippen molar-refractivity contribution in [2.45, 2.75) is 259 Å². The largest absolute Gasteiger partial charge is 0.462 e. The first-order valence-corrected chi connectivity index (χ1v) is 25.5. The molecule has 0 aromatic heterocycles. The van der Waals surface area contributed by atoms with Gasteiger partial charge in [0.25, 0.3) is 0 Å². The molecule has 1 unspecified atom stereocenters. The van der Waals surface area contributed by atoms with Gasteiger partial charge in [0.05, 0.1) is 0 Å².